The number of aliphatic hydroxyl groups is 1. The molecule has 3 atom stereocenters. The SMILES string of the molecule is COc1cc(CC[C@@H](O)[C@@H]2Cc3ccnc(c3)Nc3ccc4cc(O)ccc4c3CC[C@@H](c3cc(O)c(O)c(OC4CCCCC4)c3)CC2=O)ccc1O. The first-order chi connectivity index (χ1) is 26.1. The van der Waals surface area contributed by atoms with Crippen molar-refractivity contribution in [3.8, 4) is 34.5 Å². The van der Waals surface area contributed by atoms with Crippen LogP contribution in [0.3, 0.4) is 0 Å². The summed E-state index contributed by atoms with van der Waals surface area (Å²) in [6, 6.07) is 21.3. The van der Waals surface area contributed by atoms with Crippen LogP contribution in [0.2, 0.25) is 0 Å². The fourth-order valence-electron chi connectivity index (χ4n) is 8.09. The van der Waals surface area contributed by atoms with E-state index < -0.39 is 17.9 Å². The van der Waals surface area contributed by atoms with Gasteiger partial charge in [-0.15, -0.1) is 0 Å². The molecule has 10 nitrogen and oxygen atoms in total. The Morgan fingerprint density at radius 3 is 2.50 bits per heavy atom. The van der Waals surface area contributed by atoms with Gasteiger partial charge < -0.3 is 40.3 Å². The Bertz CT molecular complexity index is 2130. The van der Waals surface area contributed by atoms with Gasteiger partial charge >= 0.3 is 0 Å². The molecule has 282 valence electrons. The number of methoxy groups -OCH3 is 1. The third-order valence-electron chi connectivity index (χ3n) is 11.1. The summed E-state index contributed by atoms with van der Waals surface area (Å²) in [5, 5.41) is 59.4. The third-order valence-corrected chi connectivity index (χ3v) is 11.1. The number of carbonyl (C=O) groups is 1. The maximum absolute atomic E-state index is 14.6. The van der Waals surface area contributed by atoms with Gasteiger partial charge in [0, 0.05) is 24.2 Å². The molecule has 0 radical (unpaired) electrons. The highest BCUT2D eigenvalue weighted by molar-refractivity contribution is 5.92. The number of nitrogens with one attached hydrogen (secondary N) is 1. The molecule has 2 aliphatic rings. The number of aliphatic hydroxyl groups excluding tert-OH is 1. The molecule has 1 aliphatic carbocycles. The molecule has 1 saturated carbocycles. The Balaban J connectivity index is 1.26. The second-order valence-electron chi connectivity index (χ2n) is 14.8. The first kappa shape index (κ1) is 36.9. The molecule has 6 N–H and O–H groups in total. The first-order valence-corrected chi connectivity index (χ1v) is 18.9. The van der Waals surface area contributed by atoms with E-state index in [0.717, 1.165) is 65.3 Å². The topological polar surface area (TPSA) is 162 Å². The Morgan fingerprint density at radius 2 is 1.69 bits per heavy atom. The lowest BCUT2D eigenvalue weighted by atomic mass is 9.80. The molecule has 4 aromatic carbocycles. The molecule has 0 unspecified atom stereocenters. The number of nitrogens with zero attached hydrogens (tertiary/aromatic N) is 1. The predicted molar refractivity (Wildman–Crippen MR) is 207 cm³/mol. The smallest absolute Gasteiger partial charge is 0.200 e. The maximum atomic E-state index is 14.6. The van der Waals surface area contributed by atoms with E-state index in [2.05, 4.69) is 10.3 Å². The largest absolute Gasteiger partial charge is 0.508 e. The molecule has 0 amide bonds. The molecule has 2 heterocycles. The summed E-state index contributed by atoms with van der Waals surface area (Å²) in [6.45, 7) is 0. The third kappa shape index (κ3) is 8.34. The highest BCUT2D eigenvalue weighted by Gasteiger charge is 2.31. The summed E-state index contributed by atoms with van der Waals surface area (Å²) in [5.74, 6) is -0.551. The van der Waals surface area contributed by atoms with Crippen LogP contribution in [0.25, 0.3) is 10.8 Å². The number of aryl methyl sites for hydroxylation is 2. The zero-order valence-corrected chi connectivity index (χ0v) is 30.5. The summed E-state index contributed by atoms with van der Waals surface area (Å²) in [7, 11) is 1.48. The summed E-state index contributed by atoms with van der Waals surface area (Å²) in [4.78, 5) is 19.2. The molecule has 2 bridgehead atoms. The van der Waals surface area contributed by atoms with Crippen LogP contribution in [0.1, 0.15) is 79.5 Å². The summed E-state index contributed by atoms with van der Waals surface area (Å²) >= 11 is 0. The van der Waals surface area contributed by atoms with Gasteiger partial charge in [0.25, 0.3) is 0 Å². The van der Waals surface area contributed by atoms with Gasteiger partial charge in [-0.3, -0.25) is 4.79 Å². The van der Waals surface area contributed by atoms with Gasteiger partial charge in [-0.2, -0.15) is 0 Å². The highest BCUT2D eigenvalue weighted by atomic mass is 16.5. The Kier molecular flexibility index (Phi) is 11.1. The minimum Gasteiger partial charge on any atom is -0.508 e. The molecule has 54 heavy (non-hydrogen) atoms. The van der Waals surface area contributed by atoms with Gasteiger partial charge in [-0.25, -0.2) is 4.98 Å². The van der Waals surface area contributed by atoms with E-state index in [4.69, 9.17) is 9.47 Å². The van der Waals surface area contributed by atoms with Crippen molar-refractivity contribution < 1.29 is 39.8 Å². The Labute approximate surface area is 315 Å². The minimum absolute atomic E-state index is 0.0289. The number of anilines is 2. The van der Waals surface area contributed by atoms with E-state index in [9.17, 15) is 30.3 Å². The van der Waals surface area contributed by atoms with Crippen molar-refractivity contribution in [2.45, 2.75) is 88.8 Å². The van der Waals surface area contributed by atoms with Crippen LogP contribution in [0.4, 0.5) is 11.5 Å². The van der Waals surface area contributed by atoms with E-state index in [-0.39, 0.29) is 53.5 Å². The minimum atomic E-state index is -0.986. The number of hydrogen-bond acceptors (Lipinski definition) is 10. The van der Waals surface area contributed by atoms with Gasteiger partial charge in [-0.1, -0.05) is 24.6 Å². The number of aromatic nitrogens is 1. The Morgan fingerprint density at radius 1 is 0.852 bits per heavy atom. The summed E-state index contributed by atoms with van der Waals surface area (Å²) in [6.07, 6.45) is 7.73. The van der Waals surface area contributed by atoms with E-state index in [0.29, 0.717) is 42.8 Å². The van der Waals surface area contributed by atoms with Gasteiger partial charge in [0.2, 0.25) is 5.75 Å². The van der Waals surface area contributed by atoms with Crippen molar-refractivity contribution >= 4 is 28.1 Å². The molecule has 1 fully saturated rings. The van der Waals surface area contributed by atoms with Crippen LogP contribution in [0.15, 0.2) is 79.0 Å². The molecule has 0 saturated heterocycles. The quantitative estimate of drug-likeness (QED) is 0.0856. The molecule has 1 aromatic heterocycles. The number of aromatic hydroxyl groups is 4. The predicted octanol–water partition coefficient (Wildman–Crippen LogP) is 8.36. The number of carbonyl (C=O) groups excluding carboxylic acids is 1. The van der Waals surface area contributed by atoms with Crippen LogP contribution in [0, 0.1) is 5.92 Å². The van der Waals surface area contributed by atoms with Crippen LogP contribution in [-0.2, 0) is 24.1 Å². The molecule has 1 aliphatic heterocycles. The fraction of sp³-hybridized carbons (Fsp3) is 0.364. The van der Waals surface area contributed by atoms with Crippen molar-refractivity contribution in [1.29, 1.82) is 0 Å². The normalized spacial score (nSPS) is 18.7. The van der Waals surface area contributed by atoms with Gasteiger partial charge in [0.1, 0.15) is 17.4 Å². The fourth-order valence-corrected chi connectivity index (χ4v) is 8.09. The molecule has 5 aromatic rings. The van der Waals surface area contributed by atoms with E-state index in [1.54, 1.807) is 42.6 Å². The second-order valence-corrected chi connectivity index (χ2v) is 14.8. The highest BCUT2D eigenvalue weighted by Crippen LogP contribution is 2.43. The van der Waals surface area contributed by atoms with Crippen LogP contribution < -0.4 is 14.8 Å². The number of fused-ring (bicyclic) bond motifs is 5. The van der Waals surface area contributed by atoms with Gasteiger partial charge in [0.05, 0.1) is 19.3 Å². The van der Waals surface area contributed by atoms with Crippen molar-refractivity contribution in [2.24, 2.45) is 5.92 Å². The molecular weight excluding hydrogens is 684 g/mol. The number of phenolic OH excluding ortho intramolecular Hbond substituents is 4. The zero-order valence-electron chi connectivity index (χ0n) is 30.5. The lowest BCUT2D eigenvalue weighted by molar-refractivity contribution is -0.127. The zero-order chi connectivity index (χ0) is 37.8. The molecule has 0 spiro atoms. The van der Waals surface area contributed by atoms with E-state index in [1.165, 1.54) is 13.2 Å². The summed E-state index contributed by atoms with van der Waals surface area (Å²) in [5.41, 5.74) is 4.19. The van der Waals surface area contributed by atoms with Gasteiger partial charge in [-0.05, 0) is 151 Å². The van der Waals surface area contributed by atoms with Crippen molar-refractivity contribution in [1.82, 2.24) is 4.98 Å². The van der Waals surface area contributed by atoms with E-state index >= 15 is 0 Å². The number of pyridine rings is 1. The van der Waals surface area contributed by atoms with Crippen molar-refractivity contribution in [2.75, 3.05) is 12.4 Å². The first-order valence-electron chi connectivity index (χ1n) is 18.9. The molecular formula is C44H48N2O8. The number of phenols is 4. The standard InChI is InChI=1S/C44H48N2O8/c1-53-41-20-26(8-16-38(41)49)7-15-37(48)35-19-27-17-18-45-43(21-27)46-36-14-10-29-22-31(47)11-13-33(29)34(36)12-9-28(23-39(35)50)30-24-40(51)44(52)42(25-30)54-32-5-3-2-4-6-32/h8,10-11,13-14,16-18,20-22,24-25,28,32,35,37,47-49,51-52H,2-7,9,12,15,19,23H2,1H3,(H,45,46)/t28-,35+,37-/m1/s1. The van der Waals surface area contributed by atoms with Gasteiger partial charge in [0.15, 0.2) is 23.0 Å². The average molecular weight is 733 g/mol. The molecule has 10 heteroatoms. The lowest BCUT2D eigenvalue weighted by Crippen LogP contribution is -2.32. The second kappa shape index (κ2) is 16.3. The van der Waals surface area contributed by atoms with Crippen LogP contribution >= 0.6 is 0 Å². The van der Waals surface area contributed by atoms with Crippen molar-refractivity contribution in [3.63, 3.8) is 0 Å². The number of ether oxygens (including phenoxy) is 2. The molecule has 7 rings (SSSR count). The lowest BCUT2D eigenvalue weighted by Gasteiger charge is -2.27. The van der Waals surface area contributed by atoms with E-state index in [1.807, 2.05) is 30.3 Å². The Hall–Kier alpha value is -5.48. The van der Waals surface area contributed by atoms with Crippen molar-refractivity contribution in [3.05, 3.63) is 101 Å². The van der Waals surface area contributed by atoms with Crippen LogP contribution in [0.5, 0.6) is 34.5 Å². The average Bonchev–Trinajstić information content (AvgIpc) is 3.18. The van der Waals surface area contributed by atoms with Crippen LogP contribution in [-0.4, -0.2) is 55.6 Å². The number of benzene rings is 4. The monoisotopic (exact) mass is 732 g/mol. The number of ketones is 1. The number of rotatable bonds is 8. The maximum Gasteiger partial charge on any atom is 0.200 e. The number of Topliss-reactive ketones (excluding diaryl/α,β-unsaturated/α-hetero) is 1. The summed E-state index contributed by atoms with van der Waals surface area (Å²) < 4.78 is 11.6. The number of hydrogen-bond donors (Lipinski definition) is 6.